The third-order valence-electron chi connectivity index (χ3n) is 9.58. The van der Waals surface area contributed by atoms with E-state index in [2.05, 4.69) is 26.0 Å². The molecule has 0 fully saturated rings. The first kappa shape index (κ1) is 51.8. The van der Waals surface area contributed by atoms with Gasteiger partial charge in [0, 0.05) is 6.42 Å². The topological polar surface area (TPSA) is 91.3 Å². The van der Waals surface area contributed by atoms with Crippen LogP contribution >= 0.6 is 7.82 Å². The van der Waals surface area contributed by atoms with Gasteiger partial charge >= 0.3 is 13.8 Å². The highest BCUT2D eigenvalue weighted by atomic mass is 31.2. The summed E-state index contributed by atoms with van der Waals surface area (Å²) in [6.07, 6.45) is 43.0. The number of nitrogens with zero attached hydrogens (tertiary/aromatic N) is 1. The van der Waals surface area contributed by atoms with Crippen molar-refractivity contribution < 1.29 is 37.3 Å². The van der Waals surface area contributed by atoms with Gasteiger partial charge < -0.3 is 18.9 Å². The van der Waals surface area contributed by atoms with E-state index in [1.54, 1.807) is 6.26 Å². The van der Waals surface area contributed by atoms with Crippen LogP contribution in [0.15, 0.2) is 24.5 Å². The highest BCUT2D eigenvalue weighted by Gasteiger charge is 2.26. The number of carbonyl (C=O) groups is 1. The number of allylic oxidation sites excluding steroid dienone is 3. The number of hydrogen-bond acceptors (Lipinski definition) is 6. The fourth-order valence-electron chi connectivity index (χ4n) is 6.10. The van der Waals surface area contributed by atoms with Gasteiger partial charge in [0.05, 0.1) is 34.0 Å². The Bertz CT molecular complexity index is 905. The third-order valence-corrected chi connectivity index (χ3v) is 10.6. The van der Waals surface area contributed by atoms with Gasteiger partial charge in [-0.1, -0.05) is 161 Å². The van der Waals surface area contributed by atoms with E-state index in [-0.39, 0.29) is 25.8 Å². The lowest BCUT2D eigenvalue weighted by atomic mass is 10.0. The minimum Gasteiger partial charge on any atom is -0.498 e. The SMILES string of the molecule is CCCCCCCCC=CCCCCCCCC(=O)OC(COC=CCCCCCCCCCCCCCCCC)COP(=O)(O)OCC[N+](C)(C)C. The van der Waals surface area contributed by atoms with Gasteiger partial charge in [-0.15, -0.1) is 0 Å². The molecular formula is C44H87NO7P+. The van der Waals surface area contributed by atoms with E-state index in [4.69, 9.17) is 18.5 Å². The van der Waals surface area contributed by atoms with Crippen molar-refractivity contribution in [3.63, 3.8) is 0 Å². The Balaban J connectivity index is 4.28. The van der Waals surface area contributed by atoms with Crippen LogP contribution < -0.4 is 0 Å². The molecule has 0 aliphatic heterocycles. The summed E-state index contributed by atoms with van der Waals surface area (Å²) in [7, 11) is 1.64. The van der Waals surface area contributed by atoms with Crippen LogP contribution in [0.3, 0.4) is 0 Å². The summed E-state index contributed by atoms with van der Waals surface area (Å²) in [6, 6.07) is 0. The first-order valence-corrected chi connectivity index (χ1v) is 23.6. The summed E-state index contributed by atoms with van der Waals surface area (Å²) >= 11 is 0. The smallest absolute Gasteiger partial charge is 0.472 e. The summed E-state index contributed by atoms with van der Waals surface area (Å²) in [5.41, 5.74) is 0. The predicted molar refractivity (Wildman–Crippen MR) is 224 cm³/mol. The van der Waals surface area contributed by atoms with Crippen molar-refractivity contribution in [2.45, 2.75) is 206 Å². The number of ether oxygens (including phenoxy) is 2. The van der Waals surface area contributed by atoms with Crippen molar-refractivity contribution in [3.05, 3.63) is 24.5 Å². The number of likely N-dealkylation sites (N-methyl/N-ethyl adjacent to an activating group) is 1. The number of phosphoric acid groups is 1. The maximum atomic E-state index is 12.7. The highest BCUT2D eigenvalue weighted by Crippen LogP contribution is 2.43. The first-order chi connectivity index (χ1) is 25.6. The Morgan fingerprint density at radius 1 is 0.585 bits per heavy atom. The van der Waals surface area contributed by atoms with Gasteiger partial charge in [0.1, 0.15) is 19.8 Å². The quantitative estimate of drug-likeness (QED) is 0.0165. The first-order valence-electron chi connectivity index (χ1n) is 22.1. The largest absolute Gasteiger partial charge is 0.498 e. The van der Waals surface area contributed by atoms with Crippen molar-refractivity contribution in [3.8, 4) is 0 Å². The Morgan fingerprint density at radius 2 is 1.00 bits per heavy atom. The molecule has 0 aromatic carbocycles. The van der Waals surface area contributed by atoms with Crippen molar-refractivity contribution in [2.75, 3.05) is 47.5 Å². The summed E-state index contributed by atoms with van der Waals surface area (Å²) in [5.74, 6) is -0.343. The average molecular weight is 773 g/mol. The van der Waals surface area contributed by atoms with E-state index < -0.39 is 13.9 Å². The number of carbonyl (C=O) groups excluding carboxylic acids is 1. The lowest BCUT2D eigenvalue weighted by Gasteiger charge is -2.24. The van der Waals surface area contributed by atoms with Crippen molar-refractivity contribution in [1.29, 1.82) is 0 Å². The van der Waals surface area contributed by atoms with E-state index in [1.165, 1.54) is 135 Å². The summed E-state index contributed by atoms with van der Waals surface area (Å²) in [5, 5.41) is 0. The zero-order valence-electron chi connectivity index (χ0n) is 35.5. The molecule has 0 aliphatic rings. The molecule has 9 heteroatoms. The number of phosphoric ester groups is 1. The van der Waals surface area contributed by atoms with E-state index in [1.807, 2.05) is 27.2 Å². The molecule has 0 spiro atoms. The molecular weight excluding hydrogens is 685 g/mol. The molecule has 53 heavy (non-hydrogen) atoms. The maximum Gasteiger partial charge on any atom is 0.472 e. The second-order valence-electron chi connectivity index (χ2n) is 16.1. The van der Waals surface area contributed by atoms with Crippen LogP contribution in [0, 0.1) is 0 Å². The van der Waals surface area contributed by atoms with Crippen LogP contribution in [0.2, 0.25) is 0 Å². The molecule has 2 unspecified atom stereocenters. The minimum atomic E-state index is -4.29. The molecule has 0 aromatic rings. The second kappa shape index (κ2) is 37.7. The van der Waals surface area contributed by atoms with E-state index >= 15 is 0 Å². The Hall–Kier alpha value is -1.18. The molecule has 0 aromatic heterocycles. The van der Waals surface area contributed by atoms with Gasteiger partial charge in [-0.25, -0.2) is 4.57 Å². The molecule has 1 N–H and O–H groups in total. The fourth-order valence-corrected chi connectivity index (χ4v) is 6.84. The van der Waals surface area contributed by atoms with Gasteiger partial charge in [-0.3, -0.25) is 13.8 Å². The van der Waals surface area contributed by atoms with Gasteiger partial charge in [0.25, 0.3) is 0 Å². The minimum absolute atomic E-state index is 0.0479. The zero-order chi connectivity index (χ0) is 39.1. The van der Waals surface area contributed by atoms with Gasteiger partial charge in [0.2, 0.25) is 0 Å². The maximum absolute atomic E-state index is 12.7. The molecule has 314 valence electrons. The summed E-state index contributed by atoms with van der Waals surface area (Å²) < 4.78 is 34.7. The van der Waals surface area contributed by atoms with E-state index in [9.17, 15) is 14.3 Å². The Kier molecular flexibility index (Phi) is 36.9. The molecule has 0 radical (unpaired) electrons. The number of esters is 1. The molecule has 0 saturated carbocycles. The fraction of sp³-hybridized carbons (Fsp3) is 0.886. The van der Waals surface area contributed by atoms with Gasteiger partial charge in [-0.05, 0) is 51.0 Å². The molecule has 2 atom stereocenters. The molecule has 0 rings (SSSR count). The van der Waals surface area contributed by atoms with Gasteiger partial charge in [-0.2, -0.15) is 0 Å². The molecule has 0 heterocycles. The standard InChI is InChI=1S/C44H86NO7P/c1-6-8-10-12-14-16-18-20-22-24-26-28-30-32-34-36-39-49-41-43(42-51-53(47,48)50-40-38-45(3,4)5)52-44(46)37-35-33-31-29-27-25-23-21-19-17-15-13-11-9-7-2/h21,23,36,39,43H,6-20,22,24-35,37-38,40-42H2,1-5H3/p+1. The van der Waals surface area contributed by atoms with Crippen LogP contribution in [-0.2, 0) is 27.9 Å². The summed E-state index contributed by atoms with van der Waals surface area (Å²) in [6.45, 7) is 4.93. The lowest BCUT2D eigenvalue weighted by molar-refractivity contribution is -0.870. The van der Waals surface area contributed by atoms with Crippen molar-refractivity contribution in [2.24, 2.45) is 0 Å². The number of unbranched alkanes of at least 4 members (excludes halogenated alkanes) is 25. The van der Waals surface area contributed by atoms with Crippen LogP contribution in [0.5, 0.6) is 0 Å². The monoisotopic (exact) mass is 773 g/mol. The normalized spacial score (nSPS) is 13.9. The molecule has 0 saturated heterocycles. The molecule has 0 amide bonds. The molecule has 0 aliphatic carbocycles. The number of quaternary nitrogens is 1. The van der Waals surface area contributed by atoms with Crippen LogP contribution in [0.4, 0.5) is 0 Å². The van der Waals surface area contributed by atoms with E-state index in [0.717, 1.165) is 44.9 Å². The lowest BCUT2D eigenvalue weighted by Crippen LogP contribution is -2.37. The van der Waals surface area contributed by atoms with Gasteiger partial charge in [0.15, 0.2) is 6.10 Å². The number of rotatable bonds is 41. The molecule has 8 nitrogen and oxygen atoms in total. The van der Waals surface area contributed by atoms with Crippen LogP contribution in [0.1, 0.15) is 200 Å². The summed E-state index contributed by atoms with van der Waals surface area (Å²) in [4.78, 5) is 22.8. The Labute approximate surface area is 328 Å². The third kappa shape index (κ3) is 41.8. The molecule has 0 bridgehead atoms. The number of hydrogen-bond donors (Lipinski definition) is 1. The zero-order valence-corrected chi connectivity index (χ0v) is 36.4. The van der Waals surface area contributed by atoms with Crippen molar-refractivity contribution in [1.82, 2.24) is 0 Å². The van der Waals surface area contributed by atoms with Crippen LogP contribution in [0.25, 0.3) is 0 Å². The van der Waals surface area contributed by atoms with E-state index in [0.29, 0.717) is 17.4 Å². The van der Waals surface area contributed by atoms with Crippen LogP contribution in [-0.4, -0.2) is 69.0 Å². The van der Waals surface area contributed by atoms with Crippen molar-refractivity contribution >= 4 is 13.8 Å². The average Bonchev–Trinajstić information content (AvgIpc) is 3.11. The Morgan fingerprint density at radius 3 is 1.45 bits per heavy atom. The second-order valence-corrected chi connectivity index (χ2v) is 17.6. The predicted octanol–water partition coefficient (Wildman–Crippen LogP) is 13.2. The highest BCUT2D eigenvalue weighted by molar-refractivity contribution is 7.47.